The van der Waals surface area contributed by atoms with E-state index in [0.717, 1.165) is 12.8 Å². The molecule has 0 bridgehead atoms. The second-order valence-corrected chi connectivity index (χ2v) is 7.12. The molecule has 1 aliphatic heterocycles. The highest BCUT2D eigenvalue weighted by Gasteiger charge is 2.35. The Bertz CT molecular complexity index is 648. The standard InChI is InChI=1S/C17H21Cl2N3O3/c1-25-16-13(18)8-12(9-14(16)19)20-10-15(23)21-4-6-22(7-5-21)17(24)11-2-3-11/h8-9,11,20H,2-7,10H2,1H3. The maximum atomic E-state index is 12.4. The fourth-order valence-electron chi connectivity index (χ4n) is 2.91. The van der Waals surface area contributed by atoms with Crippen LogP contribution in [0.5, 0.6) is 5.75 Å². The van der Waals surface area contributed by atoms with Crippen LogP contribution >= 0.6 is 23.2 Å². The summed E-state index contributed by atoms with van der Waals surface area (Å²) in [6.07, 6.45) is 2.02. The minimum atomic E-state index is -0.0124. The van der Waals surface area contributed by atoms with Crippen molar-refractivity contribution in [3.05, 3.63) is 22.2 Å². The number of hydrogen-bond acceptors (Lipinski definition) is 4. The van der Waals surface area contributed by atoms with E-state index in [1.165, 1.54) is 7.11 Å². The number of methoxy groups -OCH3 is 1. The molecule has 0 spiro atoms. The molecule has 1 aromatic carbocycles. The molecule has 136 valence electrons. The highest BCUT2D eigenvalue weighted by atomic mass is 35.5. The van der Waals surface area contributed by atoms with Crippen molar-refractivity contribution in [2.24, 2.45) is 5.92 Å². The Balaban J connectivity index is 1.49. The molecule has 1 heterocycles. The predicted octanol–water partition coefficient (Wildman–Crippen LogP) is 2.49. The Morgan fingerprint density at radius 1 is 1.12 bits per heavy atom. The minimum Gasteiger partial charge on any atom is -0.494 e. The summed E-state index contributed by atoms with van der Waals surface area (Å²) in [7, 11) is 1.50. The molecule has 0 radical (unpaired) electrons. The molecule has 1 aliphatic carbocycles. The van der Waals surface area contributed by atoms with E-state index in [4.69, 9.17) is 27.9 Å². The van der Waals surface area contributed by atoms with Crippen LogP contribution in [0.25, 0.3) is 0 Å². The van der Waals surface area contributed by atoms with E-state index in [1.54, 1.807) is 17.0 Å². The second kappa shape index (κ2) is 7.70. The van der Waals surface area contributed by atoms with Crippen LogP contribution in [0.15, 0.2) is 12.1 Å². The van der Waals surface area contributed by atoms with Crippen LogP contribution in [-0.4, -0.2) is 61.4 Å². The molecular weight excluding hydrogens is 365 g/mol. The van der Waals surface area contributed by atoms with Crippen molar-refractivity contribution in [1.82, 2.24) is 9.80 Å². The van der Waals surface area contributed by atoms with E-state index in [1.807, 2.05) is 4.90 Å². The van der Waals surface area contributed by atoms with Crippen LogP contribution in [0.2, 0.25) is 10.0 Å². The second-order valence-electron chi connectivity index (χ2n) is 6.31. The number of rotatable bonds is 5. The molecule has 1 N–H and O–H groups in total. The van der Waals surface area contributed by atoms with Gasteiger partial charge in [0, 0.05) is 37.8 Å². The summed E-state index contributed by atoms with van der Waals surface area (Å²) in [5.74, 6) is 0.875. The van der Waals surface area contributed by atoms with Gasteiger partial charge in [0.1, 0.15) is 0 Å². The van der Waals surface area contributed by atoms with Gasteiger partial charge in [-0.25, -0.2) is 0 Å². The summed E-state index contributed by atoms with van der Waals surface area (Å²) in [6, 6.07) is 3.34. The van der Waals surface area contributed by atoms with Crippen molar-refractivity contribution >= 4 is 40.7 Å². The lowest BCUT2D eigenvalue weighted by atomic mass is 10.2. The average molecular weight is 386 g/mol. The summed E-state index contributed by atoms with van der Waals surface area (Å²) < 4.78 is 5.10. The smallest absolute Gasteiger partial charge is 0.241 e. The molecule has 3 rings (SSSR count). The number of piperazine rings is 1. The van der Waals surface area contributed by atoms with Gasteiger partial charge in [-0.15, -0.1) is 0 Å². The fourth-order valence-corrected chi connectivity index (χ4v) is 3.55. The zero-order valence-corrected chi connectivity index (χ0v) is 15.6. The minimum absolute atomic E-state index is 0.0124. The average Bonchev–Trinajstić information content (AvgIpc) is 3.44. The van der Waals surface area contributed by atoms with Gasteiger partial charge >= 0.3 is 0 Å². The molecule has 2 aliphatic rings. The van der Waals surface area contributed by atoms with Gasteiger partial charge in [-0.2, -0.15) is 0 Å². The first-order chi connectivity index (χ1) is 12.0. The number of benzene rings is 1. The highest BCUT2D eigenvalue weighted by Crippen LogP contribution is 2.35. The van der Waals surface area contributed by atoms with Gasteiger partial charge in [0.25, 0.3) is 0 Å². The first kappa shape index (κ1) is 18.1. The van der Waals surface area contributed by atoms with Crippen LogP contribution < -0.4 is 10.1 Å². The van der Waals surface area contributed by atoms with Crippen molar-refractivity contribution in [3.8, 4) is 5.75 Å². The Kier molecular flexibility index (Phi) is 5.59. The fraction of sp³-hybridized carbons (Fsp3) is 0.529. The number of carbonyl (C=O) groups is 2. The summed E-state index contributed by atoms with van der Waals surface area (Å²) in [4.78, 5) is 28.0. The van der Waals surface area contributed by atoms with Crippen molar-refractivity contribution in [2.45, 2.75) is 12.8 Å². The molecule has 1 saturated carbocycles. The maximum absolute atomic E-state index is 12.4. The van der Waals surface area contributed by atoms with Gasteiger partial charge in [-0.3, -0.25) is 9.59 Å². The number of carbonyl (C=O) groups excluding carboxylic acids is 2. The molecule has 1 saturated heterocycles. The number of hydrogen-bond donors (Lipinski definition) is 1. The van der Waals surface area contributed by atoms with Crippen molar-refractivity contribution in [1.29, 1.82) is 0 Å². The number of nitrogens with one attached hydrogen (secondary N) is 1. The third kappa shape index (κ3) is 4.30. The Labute approximate surface area is 157 Å². The van der Waals surface area contributed by atoms with E-state index in [0.29, 0.717) is 47.7 Å². The molecule has 0 atom stereocenters. The van der Waals surface area contributed by atoms with Crippen LogP contribution in [0.1, 0.15) is 12.8 Å². The normalized spacial score (nSPS) is 17.4. The predicted molar refractivity (Wildman–Crippen MR) is 97.4 cm³/mol. The number of nitrogens with zero attached hydrogens (tertiary/aromatic N) is 2. The molecular formula is C17H21Cl2N3O3. The number of amides is 2. The zero-order chi connectivity index (χ0) is 18.0. The lowest BCUT2D eigenvalue weighted by Crippen LogP contribution is -2.52. The molecule has 1 aromatic rings. The largest absolute Gasteiger partial charge is 0.494 e. The molecule has 6 nitrogen and oxygen atoms in total. The van der Waals surface area contributed by atoms with Gasteiger partial charge in [0.15, 0.2) is 5.75 Å². The number of ether oxygens (including phenoxy) is 1. The highest BCUT2D eigenvalue weighted by molar-refractivity contribution is 6.37. The molecule has 2 fully saturated rings. The summed E-state index contributed by atoms with van der Waals surface area (Å²) in [6.45, 7) is 2.52. The van der Waals surface area contributed by atoms with Gasteiger partial charge < -0.3 is 19.9 Å². The monoisotopic (exact) mass is 385 g/mol. The van der Waals surface area contributed by atoms with Crippen molar-refractivity contribution < 1.29 is 14.3 Å². The van der Waals surface area contributed by atoms with Crippen LogP contribution in [0.4, 0.5) is 5.69 Å². The summed E-state index contributed by atoms with van der Waals surface area (Å²) >= 11 is 12.2. The lowest BCUT2D eigenvalue weighted by Gasteiger charge is -2.35. The molecule has 0 unspecified atom stereocenters. The molecule has 25 heavy (non-hydrogen) atoms. The number of halogens is 2. The van der Waals surface area contributed by atoms with Crippen LogP contribution in [0.3, 0.4) is 0 Å². The van der Waals surface area contributed by atoms with Gasteiger partial charge in [0.2, 0.25) is 11.8 Å². The van der Waals surface area contributed by atoms with E-state index in [-0.39, 0.29) is 24.3 Å². The van der Waals surface area contributed by atoms with Crippen LogP contribution in [-0.2, 0) is 9.59 Å². The van der Waals surface area contributed by atoms with Gasteiger partial charge in [-0.05, 0) is 25.0 Å². The first-order valence-electron chi connectivity index (χ1n) is 8.33. The van der Waals surface area contributed by atoms with E-state index >= 15 is 0 Å². The summed E-state index contributed by atoms with van der Waals surface area (Å²) in [5.41, 5.74) is 0.659. The van der Waals surface area contributed by atoms with Crippen LogP contribution in [0, 0.1) is 5.92 Å². The Morgan fingerprint density at radius 2 is 1.68 bits per heavy atom. The molecule has 0 aromatic heterocycles. The van der Waals surface area contributed by atoms with Crippen molar-refractivity contribution in [2.75, 3.05) is 45.2 Å². The summed E-state index contributed by atoms with van der Waals surface area (Å²) in [5, 5.41) is 3.81. The topological polar surface area (TPSA) is 61.9 Å². The van der Waals surface area contributed by atoms with E-state index < -0.39 is 0 Å². The van der Waals surface area contributed by atoms with E-state index in [2.05, 4.69) is 5.32 Å². The van der Waals surface area contributed by atoms with Gasteiger partial charge in [-0.1, -0.05) is 23.2 Å². The Morgan fingerprint density at radius 3 is 2.20 bits per heavy atom. The number of anilines is 1. The third-order valence-corrected chi connectivity index (χ3v) is 5.08. The van der Waals surface area contributed by atoms with Crippen molar-refractivity contribution in [3.63, 3.8) is 0 Å². The van der Waals surface area contributed by atoms with Gasteiger partial charge in [0.05, 0.1) is 23.7 Å². The molecule has 2 amide bonds. The quantitative estimate of drug-likeness (QED) is 0.845. The van der Waals surface area contributed by atoms with E-state index in [9.17, 15) is 9.59 Å². The lowest BCUT2D eigenvalue weighted by molar-refractivity contribution is -0.139. The first-order valence-corrected chi connectivity index (χ1v) is 9.08. The third-order valence-electron chi connectivity index (χ3n) is 4.52. The maximum Gasteiger partial charge on any atom is 0.241 e. The molecule has 8 heteroatoms. The zero-order valence-electron chi connectivity index (χ0n) is 14.1. The SMILES string of the molecule is COc1c(Cl)cc(NCC(=O)N2CCN(C(=O)C3CC3)CC2)cc1Cl. The Hall–Kier alpha value is -1.66.